The van der Waals surface area contributed by atoms with Crippen LogP contribution in [0.15, 0.2) is 94.1 Å². The zero-order valence-electron chi connectivity index (χ0n) is 17.2. The van der Waals surface area contributed by atoms with Crippen LogP contribution in [0.1, 0.15) is 0 Å². The van der Waals surface area contributed by atoms with E-state index in [1.54, 1.807) is 6.20 Å². The summed E-state index contributed by atoms with van der Waals surface area (Å²) in [6.07, 6.45) is 1.57. The fourth-order valence-electron chi connectivity index (χ4n) is 4.06. The maximum Gasteiger partial charge on any atom is 0.218 e. The van der Waals surface area contributed by atoms with Crippen LogP contribution in [0.4, 0.5) is 11.4 Å². The highest BCUT2D eigenvalue weighted by atomic mass is 35.5. The summed E-state index contributed by atoms with van der Waals surface area (Å²) in [6, 6.07) is 25.0. The molecule has 6 nitrogen and oxygen atoms in total. The van der Waals surface area contributed by atoms with Crippen molar-refractivity contribution in [1.82, 2.24) is 9.97 Å². The van der Waals surface area contributed by atoms with Crippen molar-refractivity contribution in [3.8, 4) is 28.3 Å². The molecule has 0 bridgehead atoms. The molecule has 1 aliphatic rings. The molecule has 0 spiro atoms. The molecule has 33 heavy (non-hydrogen) atoms. The van der Waals surface area contributed by atoms with Gasteiger partial charge in [-0.05, 0) is 24.3 Å². The fraction of sp³-hybridized carbons (Fsp3) is 0. The molecule has 0 saturated carbocycles. The molecule has 0 aliphatic carbocycles. The van der Waals surface area contributed by atoms with E-state index in [-0.39, 0.29) is 5.88 Å². The van der Waals surface area contributed by atoms with Gasteiger partial charge in [-0.15, -0.1) is 5.11 Å². The summed E-state index contributed by atoms with van der Waals surface area (Å²) >= 11 is 6.50. The van der Waals surface area contributed by atoms with Crippen molar-refractivity contribution in [3.05, 3.63) is 94.6 Å². The van der Waals surface area contributed by atoms with Gasteiger partial charge in [-0.25, -0.2) is 9.98 Å². The Kier molecular flexibility index (Phi) is 4.52. The van der Waals surface area contributed by atoms with Crippen LogP contribution in [0.5, 0.6) is 5.88 Å². The number of aromatic hydroxyl groups is 1. The number of rotatable bonds is 3. The monoisotopic (exact) mass is 449 g/mol. The number of H-pyrrole nitrogens is 1. The Bertz CT molecular complexity index is 1700. The van der Waals surface area contributed by atoms with Gasteiger partial charge in [0.25, 0.3) is 0 Å². The Labute approximate surface area is 193 Å². The number of aromatic amines is 1. The van der Waals surface area contributed by atoms with Gasteiger partial charge in [-0.1, -0.05) is 66.2 Å². The van der Waals surface area contributed by atoms with Gasteiger partial charge in [0.1, 0.15) is 0 Å². The third-order valence-corrected chi connectivity index (χ3v) is 5.90. The van der Waals surface area contributed by atoms with Crippen molar-refractivity contribution >= 4 is 40.1 Å². The number of para-hydroxylation sites is 2. The van der Waals surface area contributed by atoms with E-state index in [1.807, 2.05) is 78.9 Å². The first kappa shape index (κ1) is 19.4. The molecule has 0 radical (unpaired) electrons. The second-order valence-electron chi connectivity index (χ2n) is 7.61. The Morgan fingerprint density at radius 3 is 2.52 bits per heavy atom. The van der Waals surface area contributed by atoms with E-state index in [0.717, 1.165) is 38.6 Å². The van der Waals surface area contributed by atoms with E-state index in [1.165, 1.54) is 0 Å². The van der Waals surface area contributed by atoms with E-state index in [9.17, 15) is 5.11 Å². The molecule has 0 saturated heterocycles. The zero-order chi connectivity index (χ0) is 22.4. The van der Waals surface area contributed by atoms with Crippen molar-refractivity contribution in [2.45, 2.75) is 0 Å². The molecule has 0 amide bonds. The minimum atomic E-state index is -0.0280. The molecule has 5 aromatic rings. The van der Waals surface area contributed by atoms with Gasteiger partial charge in [-0.3, -0.25) is 0 Å². The second-order valence-corrected chi connectivity index (χ2v) is 8.02. The summed E-state index contributed by atoms with van der Waals surface area (Å²) in [5.41, 5.74) is 5.55. The van der Waals surface area contributed by atoms with E-state index in [4.69, 9.17) is 21.6 Å². The molecule has 2 N–H and O–H groups in total. The summed E-state index contributed by atoms with van der Waals surface area (Å²) in [5.74, 6) is -0.0280. The number of fused-ring (bicyclic) bond motifs is 4. The lowest BCUT2D eigenvalue weighted by atomic mass is 10.0. The van der Waals surface area contributed by atoms with Gasteiger partial charge in [0.2, 0.25) is 5.88 Å². The van der Waals surface area contributed by atoms with E-state index in [0.29, 0.717) is 21.8 Å². The van der Waals surface area contributed by atoms with Crippen molar-refractivity contribution < 1.29 is 5.11 Å². The standard InChI is InChI=1S/C26H16ClN5O/c27-20-10-4-1-8-17(20)23-24-19(16-7-2-5-11-21(16)30-24)13-15(29-23)14-28-32-25-18-9-3-6-12-22(18)31-26(25)33/h1-14,31,33H/b15-14+,32-28?. The molecule has 6 rings (SSSR count). The summed E-state index contributed by atoms with van der Waals surface area (Å²) in [6.45, 7) is 0. The molecule has 1 aliphatic heterocycles. The van der Waals surface area contributed by atoms with E-state index in [2.05, 4.69) is 15.2 Å². The third-order valence-electron chi connectivity index (χ3n) is 5.58. The van der Waals surface area contributed by atoms with Crippen LogP contribution in [0.2, 0.25) is 5.02 Å². The minimum Gasteiger partial charge on any atom is -0.493 e. The van der Waals surface area contributed by atoms with Crippen molar-refractivity contribution in [2.75, 3.05) is 0 Å². The first-order chi connectivity index (χ1) is 16.2. The van der Waals surface area contributed by atoms with Gasteiger partial charge in [0, 0.05) is 22.1 Å². The molecular formula is C26H16ClN5O. The van der Waals surface area contributed by atoms with E-state index >= 15 is 0 Å². The van der Waals surface area contributed by atoms with Crippen LogP contribution in [0.25, 0.3) is 39.5 Å². The van der Waals surface area contributed by atoms with Crippen LogP contribution in [0, 0.1) is 0 Å². The first-order valence-corrected chi connectivity index (χ1v) is 10.7. The average molecular weight is 450 g/mol. The molecule has 7 heteroatoms. The summed E-state index contributed by atoms with van der Waals surface area (Å²) in [7, 11) is 0. The van der Waals surface area contributed by atoms with E-state index < -0.39 is 0 Å². The molecule has 3 aromatic carbocycles. The highest BCUT2D eigenvalue weighted by Gasteiger charge is 2.19. The van der Waals surface area contributed by atoms with Gasteiger partial charge in [0.15, 0.2) is 5.69 Å². The molecule has 2 aromatic heterocycles. The number of hydrogen-bond acceptors (Lipinski definition) is 5. The predicted molar refractivity (Wildman–Crippen MR) is 130 cm³/mol. The number of hydrogen-bond donors (Lipinski definition) is 2. The lowest BCUT2D eigenvalue weighted by molar-refractivity contribution is 0.459. The molecule has 3 heterocycles. The lowest BCUT2D eigenvalue weighted by Gasteiger charge is -2.05. The number of nitrogens with zero attached hydrogens (tertiary/aromatic N) is 4. The van der Waals surface area contributed by atoms with Crippen LogP contribution < -0.4 is 10.7 Å². The minimum absolute atomic E-state index is 0.0280. The Balaban J connectivity index is 1.53. The Morgan fingerprint density at radius 2 is 1.64 bits per heavy atom. The number of nitrogens with one attached hydrogen (secondary N) is 1. The summed E-state index contributed by atoms with van der Waals surface area (Å²) in [5, 5.41) is 21.5. The predicted octanol–water partition coefficient (Wildman–Crippen LogP) is 6.04. The highest BCUT2D eigenvalue weighted by Crippen LogP contribution is 2.36. The second kappa shape index (κ2) is 7.69. The van der Waals surface area contributed by atoms with Crippen molar-refractivity contribution in [3.63, 3.8) is 0 Å². The lowest BCUT2D eigenvalue weighted by Crippen LogP contribution is -2.18. The largest absolute Gasteiger partial charge is 0.493 e. The van der Waals surface area contributed by atoms with Crippen LogP contribution >= 0.6 is 11.6 Å². The smallest absolute Gasteiger partial charge is 0.218 e. The molecular weight excluding hydrogens is 434 g/mol. The number of benzene rings is 3. The van der Waals surface area contributed by atoms with Crippen LogP contribution in [0.3, 0.4) is 0 Å². The molecule has 0 unspecified atom stereocenters. The third kappa shape index (κ3) is 3.28. The number of halogens is 1. The molecule has 0 fully saturated rings. The maximum absolute atomic E-state index is 10.2. The molecule has 158 valence electrons. The highest BCUT2D eigenvalue weighted by molar-refractivity contribution is 6.33. The zero-order valence-corrected chi connectivity index (χ0v) is 18.0. The summed E-state index contributed by atoms with van der Waals surface area (Å²) in [4.78, 5) is 12.5. The quantitative estimate of drug-likeness (QED) is 0.322. The number of aromatic nitrogens is 2. The van der Waals surface area contributed by atoms with Crippen LogP contribution in [-0.4, -0.2) is 15.1 Å². The van der Waals surface area contributed by atoms with Gasteiger partial charge >= 0.3 is 0 Å². The maximum atomic E-state index is 10.2. The Morgan fingerprint density at radius 1 is 0.879 bits per heavy atom. The van der Waals surface area contributed by atoms with Crippen LogP contribution in [-0.2, 0) is 0 Å². The van der Waals surface area contributed by atoms with Crippen molar-refractivity contribution in [1.29, 1.82) is 0 Å². The Hall–Kier alpha value is -4.29. The normalized spacial score (nSPS) is 12.8. The number of azo groups is 1. The topological polar surface area (TPSA) is 86.0 Å². The first-order valence-electron chi connectivity index (χ1n) is 10.3. The molecule has 0 atom stereocenters. The SMILES string of the molecule is Oc1[nH]c2ccccc2c1N=N/C=c1\cc2c(c(-c3ccccc3Cl)n1)=Nc1ccccc1-2. The van der Waals surface area contributed by atoms with Gasteiger partial charge in [0.05, 0.1) is 38.8 Å². The number of pyridine rings is 1. The average Bonchev–Trinajstić information content (AvgIpc) is 3.36. The fourth-order valence-corrected chi connectivity index (χ4v) is 4.29. The van der Waals surface area contributed by atoms with Gasteiger partial charge in [-0.2, -0.15) is 5.11 Å². The summed E-state index contributed by atoms with van der Waals surface area (Å²) < 4.78 is 0. The van der Waals surface area contributed by atoms with Gasteiger partial charge < -0.3 is 10.1 Å². The van der Waals surface area contributed by atoms with Crippen molar-refractivity contribution in [2.24, 2.45) is 15.2 Å².